The Labute approximate surface area is 593 Å². The summed E-state index contributed by atoms with van der Waals surface area (Å²) in [5, 5.41) is 24.2. The molecule has 0 radical (unpaired) electrons. The van der Waals surface area contributed by atoms with Crippen LogP contribution in [0.2, 0.25) is 0 Å². The van der Waals surface area contributed by atoms with Gasteiger partial charge in [0.15, 0.2) is 12.5 Å². The molecule has 2 N–H and O–H groups in total. The molecule has 10 atom stereocenters. The van der Waals surface area contributed by atoms with Crippen LogP contribution in [-0.2, 0) is 113 Å². The largest absolute Gasteiger partial charge is 0.374 e. The molecule has 0 saturated carbocycles. The maximum absolute atomic E-state index is 14.1. The molecule has 2 aromatic heterocycles. The topological polar surface area (TPSA) is 212 Å². The molecule has 20 nitrogen and oxygen atoms in total. The Balaban J connectivity index is 0.704. The van der Waals surface area contributed by atoms with Crippen LogP contribution in [0.4, 0.5) is 0 Å². The van der Waals surface area contributed by atoms with E-state index < -0.39 is 73.1 Å². The summed E-state index contributed by atoms with van der Waals surface area (Å²) < 4.78 is 71.7. The van der Waals surface area contributed by atoms with Gasteiger partial charge in [-0.15, -0.1) is 10.2 Å². The fourth-order valence-corrected chi connectivity index (χ4v) is 12.3. The van der Waals surface area contributed by atoms with Crippen molar-refractivity contribution in [2.24, 2.45) is 0 Å². The van der Waals surface area contributed by atoms with Crippen molar-refractivity contribution in [3.8, 4) is 0 Å². The van der Waals surface area contributed by atoms with E-state index in [2.05, 4.69) is 31.3 Å². The highest BCUT2D eigenvalue weighted by atomic mass is 16.6. The Kier molecular flexibility index (Phi) is 25.1. The second kappa shape index (κ2) is 36.4. The highest BCUT2D eigenvalue weighted by molar-refractivity contribution is 5.99. The molecule has 0 spiro atoms. The molecule has 2 aliphatic heterocycles. The van der Waals surface area contributed by atoms with E-state index >= 15 is 0 Å². The number of hydrogen-bond donors (Lipinski definition) is 2. The molecular formula is C82H82N8O12. The predicted molar refractivity (Wildman–Crippen MR) is 379 cm³/mol. The number of aromatic nitrogens is 6. The monoisotopic (exact) mass is 1370 g/mol. The average Bonchev–Trinajstić information content (AvgIpc) is 1.06. The fraction of sp³-hybridized carbons (Fsp3) is 0.268. The Morgan fingerprint density at radius 2 is 0.588 bits per heavy atom. The van der Waals surface area contributed by atoms with Crippen molar-refractivity contribution in [2.75, 3.05) is 13.2 Å². The summed E-state index contributed by atoms with van der Waals surface area (Å²) in [6, 6.07) is 86.0. The molecule has 0 bridgehead atoms. The maximum Gasteiger partial charge on any atom is 0.251 e. The smallest absolute Gasteiger partial charge is 0.251 e. The number of carbonyl (C=O) groups excluding carboxylic acids is 2. The first kappa shape index (κ1) is 70.2. The van der Waals surface area contributed by atoms with Gasteiger partial charge in [0.1, 0.15) is 60.2 Å². The third kappa shape index (κ3) is 19.7. The minimum Gasteiger partial charge on any atom is -0.374 e. The quantitative estimate of drug-likeness (QED) is 0.0384. The summed E-state index contributed by atoms with van der Waals surface area (Å²) in [5.74, 6) is -0.884. The highest BCUT2D eigenvalue weighted by Gasteiger charge is 2.51. The van der Waals surface area contributed by atoms with E-state index in [0.717, 1.165) is 44.5 Å². The van der Waals surface area contributed by atoms with Crippen molar-refractivity contribution >= 4 is 11.8 Å². The van der Waals surface area contributed by atoms with Crippen molar-refractivity contribution in [1.82, 2.24) is 40.6 Å². The zero-order valence-electron chi connectivity index (χ0n) is 56.4. The average molecular weight is 1370 g/mol. The van der Waals surface area contributed by atoms with E-state index in [1.807, 2.05) is 243 Å². The van der Waals surface area contributed by atoms with Crippen molar-refractivity contribution in [3.63, 3.8) is 0 Å². The molecule has 9 aromatic carbocycles. The van der Waals surface area contributed by atoms with Gasteiger partial charge in [-0.25, -0.2) is 9.36 Å². The van der Waals surface area contributed by atoms with E-state index in [1.54, 1.807) is 40.0 Å². The van der Waals surface area contributed by atoms with E-state index in [-0.39, 0.29) is 77.1 Å². The molecule has 11 aromatic rings. The van der Waals surface area contributed by atoms with Gasteiger partial charge in [-0.1, -0.05) is 259 Å². The lowest BCUT2D eigenvalue weighted by Gasteiger charge is -2.46. The number of ether oxygens (including phenoxy) is 10. The van der Waals surface area contributed by atoms with Crippen molar-refractivity contribution in [2.45, 2.75) is 127 Å². The van der Waals surface area contributed by atoms with Crippen LogP contribution in [-0.4, -0.2) is 104 Å². The van der Waals surface area contributed by atoms with Crippen LogP contribution >= 0.6 is 0 Å². The summed E-state index contributed by atoms with van der Waals surface area (Å²) in [4.78, 5) is 28.2. The number of nitrogens with one attached hydrogen (secondary N) is 2. The third-order valence-corrected chi connectivity index (χ3v) is 17.6. The van der Waals surface area contributed by atoms with Crippen LogP contribution in [0.3, 0.4) is 0 Å². The van der Waals surface area contributed by atoms with Gasteiger partial charge in [0.2, 0.25) is 0 Å². The third-order valence-electron chi connectivity index (χ3n) is 17.6. The van der Waals surface area contributed by atoms with Gasteiger partial charge in [-0.2, -0.15) is 0 Å². The lowest BCUT2D eigenvalue weighted by atomic mass is 9.97. The predicted octanol–water partition coefficient (Wildman–Crippen LogP) is 12.5. The van der Waals surface area contributed by atoms with Gasteiger partial charge < -0.3 is 58.0 Å². The minimum absolute atomic E-state index is 0.0148. The van der Waals surface area contributed by atoms with Gasteiger partial charge >= 0.3 is 0 Å². The van der Waals surface area contributed by atoms with E-state index in [0.29, 0.717) is 24.6 Å². The van der Waals surface area contributed by atoms with Gasteiger partial charge in [0.05, 0.1) is 91.6 Å². The number of rotatable bonds is 34. The van der Waals surface area contributed by atoms with Crippen molar-refractivity contribution in [1.29, 1.82) is 0 Å². The Morgan fingerprint density at radius 3 is 0.882 bits per heavy atom. The molecule has 4 heterocycles. The number of hydrogen-bond acceptors (Lipinski definition) is 16. The number of amides is 2. The SMILES string of the molecule is O=C(NCc1cn([C@@H]2O[C@H](COCc3ccccc3)[C@@H](OCc3ccccc3)[C@H](OCc3ccccc3)[C@H]2OCc2ccccc2)nn1)c1cccc(C(=O)NCc2cn([C@@H]3O[C@H](COCc4ccccc4)[C@@H](OCc4ccccc4)[C@H](OCc4ccccc4)[C@H]3OCc3ccccc3)nn2)c1. The Hall–Kier alpha value is -10.2. The summed E-state index contributed by atoms with van der Waals surface area (Å²) in [6.45, 7) is 2.45. The lowest BCUT2D eigenvalue weighted by molar-refractivity contribution is -0.292. The van der Waals surface area contributed by atoms with Crippen LogP contribution in [0.1, 0.15) is 89.1 Å². The van der Waals surface area contributed by atoms with Gasteiger partial charge in [-0.3, -0.25) is 9.59 Å². The molecule has 2 fully saturated rings. The van der Waals surface area contributed by atoms with Crippen molar-refractivity contribution in [3.05, 3.63) is 346 Å². The normalized spacial score (nSPS) is 20.4. The van der Waals surface area contributed by atoms with E-state index in [4.69, 9.17) is 47.4 Å². The fourth-order valence-electron chi connectivity index (χ4n) is 12.3. The van der Waals surface area contributed by atoms with Gasteiger partial charge in [-0.05, 0) is 62.7 Å². The Bertz CT molecular complexity index is 4020. The molecule has 2 aliphatic rings. The molecule has 13 rings (SSSR count). The summed E-state index contributed by atoms with van der Waals surface area (Å²) in [7, 11) is 0. The zero-order valence-corrected chi connectivity index (χ0v) is 56.4. The molecule has 102 heavy (non-hydrogen) atoms. The first-order chi connectivity index (χ1) is 50.4. The molecular weight excluding hydrogens is 1290 g/mol. The minimum atomic E-state index is -0.900. The first-order valence-corrected chi connectivity index (χ1v) is 34.3. The van der Waals surface area contributed by atoms with Gasteiger partial charge in [0, 0.05) is 11.1 Å². The molecule has 2 amide bonds. The second-order valence-electron chi connectivity index (χ2n) is 25.0. The summed E-state index contributed by atoms with van der Waals surface area (Å²) in [6.07, 6.45) is -4.09. The van der Waals surface area contributed by atoms with Crippen LogP contribution in [0, 0.1) is 0 Å². The maximum atomic E-state index is 14.1. The van der Waals surface area contributed by atoms with E-state index in [1.165, 1.54) is 6.07 Å². The molecule has 0 unspecified atom stereocenters. The van der Waals surface area contributed by atoms with Gasteiger partial charge in [0.25, 0.3) is 11.8 Å². The lowest BCUT2D eigenvalue weighted by Crippen LogP contribution is -2.59. The Morgan fingerprint density at radius 1 is 0.324 bits per heavy atom. The van der Waals surface area contributed by atoms with Crippen LogP contribution < -0.4 is 10.6 Å². The summed E-state index contributed by atoms with van der Waals surface area (Å²) in [5.41, 5.74) is 9.15. The zero-order chi connectivity index (χ0) is 69.3. The van der Waals surface area contributed by atoms with Crippen LogP contribution in [0.25, 0.3) is 0 Å². The standard InChI is InChI=1S/C82H82N8O12/c91-79(83-45-69-47-89(87-85-69)81-77(99-55-65-38-21-7-22-39-65)75(97-53-63-34-17-5-18-35-63)73(95-51-61-30-13-3-14-31-61)71(101-81)57-93-49-59-26-9-1-10-27-59)67-42-25-43-68(44-67)80(92)84-46-70-48-90(88-86-70)82-78(100-56-66-40-23-8-24-41-66)76(98-54-64-36-19-6-20-37-64)74(96-52-62-32-15-4-16-33-62)72(102-82)58-94-50-60-28-11-2-12-29-60/h1-44,47-48,71-78,81-82H,45-46,49-58H2,(H,83,91)(H,84,92)/t71-,72-,73-,74-,75+,76+,77-,78-,81-,82-/m1/s1. The molecule has 2 saturated heterocycles. The van der Waals surface area contributed by atoms with Crippen LogP contribution in [0.5, 0.6) is 0 Å². The molecule has 522 valence electrons. The second-order valence-corrected chi connectivity index (χ2v) is 25.0. The molecule has 0 aliphatic carbocycles. The summed E-state index contributed by atoms with van der Waals surface area (Å²) >= 11 is 0. The number of benzene rings is 9. The number of nitrogens with zero attached hydrogens (tertiary/aromatic N) is 6. The van der Waals surface area contributed by atoms with Crippen LogP contribution in [0.15, 0.2) is 279 Å². The van der Waals surface area contributed by atoms with E-state index in [9.17, 15) is 9.59 Å². The number of carbonyl (C=O) groups is 2. The van der Waals surface area contributed by atoms with Crippen molar-refractivity contribution < 1.29 is 57.0 Å². The highest BCUT2D eigenvalue weighted by Crippen LogP contribution is 2.38. The first-order valence-electron chi connectivity index (χ1n) is 34.3. The molecule has 20 heteroatoms.